The minimum Gasteiger partial charge on any atom is -0.384 e. The molecule has 0 aliphatic rings. The second-order valence-electron chi connectivity index (χ2n) is 2.80. The number of hydrogen-bond donors (Lipinski definition) is 1. The lowest BCUT2D eigenvalue weighted by atomic mass is 10.3. The van der Waals surface area contributed by atoms with Crippen molar-refractivity contribution in [3.05, 3.63) is 15.8 Å². The molecule has 0 radical (unpaired) electrons. The molecule has 0 spiro atoms. The summed E-state index contributed by atoms with van der Waals surface area (Å²) in [6.45, 7) is 5.36. The lowest BCUT2D eigenvalue weighted by Gasteiger charge is -2.02. The number of anilines is 1. The van der Waals surface area contributed by atoms with Crippen LogP contribution in [0.3, 0.4) is 0 Å². The second-order valence-corrected chi connectivity index (χ2v) is 5.05. The summed E-state index contributed by atoms with van der Waals surface area (Å²) in [6.07, 6.45) is 1.17. The second kappa shape index (κ2) is 4.87. The van der Waals surface area contributed by atoms with Crippen LogP contribution in [0.5, 0.6) is 0 Å². The zero-order chi connectivity index (χ0) is 8.97. The van der Waals surface area contributed by atoms with Crippen LogP contribution >= 0.6 is 27.3 Å². The maximum Gasteiger partial charge on any atom is 0.0481 e. The van der Waals surface area contributed by atoms with E-state index in [-0.39, 0.29) is 0 Å². The van der Waals surface area contributed by atoms with Gasteiger partial charge in [0.25, 0.3) is 0 Å². The molecule has 1 aromatic heterocycles. The number of nitrogens with one attached hydrogen (secondary N) is 1. The molecule has 0 saturated heterocycles. The van der Waals surface area contributed by atoms with Crippen molar-refractivity contribution in [2.45, 2.75) is 20.3 Å². The third-order valence-corrected chi connectivity index (χ3v) is 3.19. The minimum absolute atomic E-state index is 1.06. The topological polar surface area (TPSA) is 12.0 Å². The van der Waals surface area contributed by atoms with Gasteiger partial charge in [0.05, 0.1) is 0 Å². The summed E-state index contributed by atoms with van der Waals surface area (Å²) < 4.78 is 0. The van der Waals surface area contributed by atoms with Gasteiger partial charge in [0, 0.05) is 27.3 Å². The summed E-state index contributed by atoms with van der Waals surface area (Å²) in [5.74, 6) is 0. The Balaban J connectivity index is 2.45. The molecule has 0 unspecified atom stereocenters. The van der Waals surface area contributed by atoms with Crippen molar-refractivity contribution in [3.63, 3.8) is 0 Å². The average Bonchev–Trinajstić information content (AvgIpc) is 2.31. The van der Waals surface area contributed by atoms with E-state index in [0.29, 0.717) is 0 Å². The van der Waals surface area contributed by atoms with Gasteiger partial charge in [-0.2, -0.15) is 0 Å². The summed E-state index contributed by atoms with van der Waals surface area (Å²) in [6, 6.07) is 2.22. The summed E-state index contributed by atoms with van der Waals surface area (Å²) in [7, 11) is 0. The molecule has 0 aliphatic carbocycles. The molecule has 1 heterocycles. The molecule has 0 saturated carbocycles. The molecule has 0 amide bonds. The van der Waals surface area contributed by atoms with Crippen molar-refractivity contribution in [3.8, 4) is 0 Å². The molecule has 3 heteroatoms. The molecule has 0 aliphatic heterocycles. The first-order valence-electron chi connectivity index (χ1n) is 4.11. The highest BCUT2D eigenvalue weighted by Crippen LogP contribution is 2.25. The van der Waals surface area contributed by atoms with E-state index < -0.39 is 0 Å². The van der Waals surface area contributed by atoms with Crippen LogP contribution in [0, 0.1) is 13.8 Å². The van der Waals surface area contributed by atoms with Crippen LogP contribution < -0.4 is 5.32 Å². The number of halogens is 1. The molecule has 1 nitrogen and oxygen atoms in total. The molecule has 0 bridgehead atoms. The number of alkyl halides is 1. The van der Waals surface area contributed by atoms with E-state index in [9.17, 15) is 0 Å². The van der Waals surface area contributed by atoms with E-state index in [2.05, 4.69) is 41.2 Å². The van der Waals surface area contributed by atoms with Gasteiger partial charge >= 0.3 is 0 Å². The first kappa shape index (κ1) is 10.1. The Hall–Kier alpha value is -0.0200. The maximum absolute atomic E-state index is 3.42. The molecule has 1 aromatic rings. The Morgan fingerprint density at radius 3 is 2.75 bits per heavy atom. The SMILES string of the molecule is Cc1cc(NCCCBr)c(C)s1. The van der Waals surface area contributed by atoms with E-state index >= 15 is 0 Å². The molecule has 0 fully saturated rings. The molecule has 12 heavy (non-hydrogen) atoms. The summed E-state index contributed by atoms with van der Waals surface area (Å²) >= 11 is 5.26. The lowest BCUT2D eigenvalue weighted by molar-refractivity contribution is 0.998. The van der Waals surface area contributed by atoms with E-state index in [1.807, 2.05) is 11.3 Å². The normalized spacial score (nSPS) is 10.2. The monoisotopic (exact) mass is 247 g/mol. The van der Waals surface area contributed by atoms with Crippen molar-refractivity contribution in [2.75, 3.05) is 17.2 Å². The molecular formula is C9H14BrNS. The molecule has 0 aromatic carbocycles. The predicted molar refractivity (Wildman–Crippen MR) is 60.7 cm³/mol. The Labute approximate surface area is 86.3 Å². The van der Waals surface area contributed by atoms with Crippen LogP contribution in [0.1, 0.15) is 16.2 Å². The quantitative estimate of drug-likeness (QED) is 0.634. The largest absolute Gasteiger partial charge is 0.384 e. The molecule has 0 atom stereocenters. The predicted octanol–water partition coefficient (Wildman–Crippen LogP) is 3.56. The van der Waals surface area contributed by atoms with Crippen LogP contribution in [0.2, 0.25) is 0 Å². The molecular weight excluding hydrogens is 234 g/mol. The van der Waals surface area contributed by atoms with Crippen molar-refractivity contribution >= 4 is 33.0 Å². The maximum atomic E-state index is 3.42. The van der Waals surface area contributed by atoms with Gasteiger partial charge in [-0.1, -0.05) is 15.9 Å². The Kier molecular flexibility index (Phi) is 4.09. The van der Waals surface area contributed by atoms with Gasteiger partial charge in [0.1, 0.15) is 0 Å². The average molecular weight is 248 g/mol. The Morgan fingerprint density at radius 1 is 1.50 bits per heavy atom. The van der Waals surface area contributed by atoms with Gasteiger partial charge < -0.3 is 5.32 Å². The first-order chi connectivity index (χ1) is 5.74. The van der Waals surface area contributed by atoms with E-state index in [1.54, 1.807) is 0 Å². The highest BCUT2D eigenvalue weighted by Gasteiger charge is 2.00. The van der Waals surface area contributed by atoms with Gasteiger partial charge in [-0.05, 0) is 26.3 Å². The number of thiophene rings is 1. The fraction of sp³-hybridized carbons (Fsp3) is 0.556. The van der Waals surface area contributed by atoms with Crippen molar-refractivity contribution in [2.24, 2.45) is 0 Å². The number of rotatable bonds is 4. The summed E-state index contributed by atoms with van der Waals surface area (Å²) in [5.41, 5.74) is 1.30. The van der Waals surface area contributed by atoms with Crippen LogP contribution in [-0.2, 0) is 0 Å². The zero-order valence-corrected chi connectivity index (χ0v) is 9.89. The van der Waals surface area contributed by atoms with Crippen molar-refractivity contribution < 1.29 is 0 Å². The molecule has 1 rings (SSSR count). The van der Waals surface area contributed by atoms with E-state index in [1.165, 1.54) is 21.9 Å². The highest BCUT2D eigenvalue weighted by molar-refractivity contribution is 9.09. The summed E-state index contributed by atoms with van der Waals surface area (Å²) in [5, 5.41) is 4.49. The van der Waals surface area contributed by atoms with Crippen LogP contribution in [0.4, 0.5) is 5.69 Å². The smallest absolute Gasteiger partial charge is 0.0481 e. The van der Waals surface area contributed by atoms with Gasteiger partial charge in [-0.3, -0.25) is 0 Å². The van der Waals surface area contributed by atoms with Gasteiger partial charge in [0.15, 0.2) is 0 Å². The van der Waals surface area contributed by atoms with Crippen LogP contribution in [-0.4, -0.2) is 11.9 Å². The first-order valence-corrected chi connectivity index (χ1v) is 6.04. The number of hydrogen-bond acceptors (Lipinski definition) is 2. The number of aryl methyl sites for hydroxylation is 2. The zero-order valence-electron chi connectivity index (χ0n) is 7.48. The molecule has 1 N–H and O–H groups in total. The minimum atomic E-state index is 1.06. The van der Waals surface area contributed by atoms with Crippen molar-refractivity contribution in [1.82, 2.24) is 0 Å². The van der Waals surface area contributed by atoms with Gasteiger partial charge in [-0.25, -0.2) is 0 Å². The van der Waals surface area contributed by atoms with Gasteiger partial charge in [-0.15, -0.1) is 11.3 Å². The van der Waals surface area contributed by atoms with Crippen molar-refractivity contribution in [1.29, 1.82) is 0 Å². The standard InChI is InChI=1S/C9H14BrNS/c1-7-6-9(8(2)12-7)11-5-3-4-10/h6,11H,3-5H2,1-2H3. The van der Waals surface area contributed by atoms with Gasteiger partial charge in [0.2, 0.25) is 0 Å². The lowest BCUT2D eigenvalue weighted by Crippen LogP contribution is -2.01. The van der Waals surface area contributed by atoms with E-state index in [4.69, 9.17) is 0 Å². The molecule has 68 valence electrons. The third-order valence-electron chi connectivity index (χ3n) is 1.67. The third kappa shape index (κ3) is 2.79. The Morgan fingerprint density at radius 2 is 2.25 bits per heavy atom. The highest BCUT2D eigenvalue weighted by atomic mass is 79.9. The Bertz CT molecular complexity index is 245. The van der Waals surface area contributed by atoms with Crippen LogP contribution in [0.25, 0.3) is 0 Å². The van der Waals surface area contributed by atoms with Crippen LogP contribution in [0.15, 0.2) is 6.07 Å². The fourth-order valence-electron chi connectivity index (χ4n) is 1.10. The van der Waals surface area contributed by atoms with E-state index in [0.717, 1.165) is 11.9 Å². The fourth-order valence-corrected chi connectivity index (χ4v) is 2.28. The summed E-state index contributed by atoms with van der Waals surface area (Å²) in [4.78, 5) is 2.77.